The Kier molecular flexibility index (Phi) is 2.17. The van der Waals surface area contributed by atoms with E-state index in [2.05, 4.69) is 5.10 Å². The maximum Gasteiger partial charge on any atom is 0.157 e. The van der Waals surface area contributed by atoms with Gasteiger partial charge in [-0.3, -0.25) is 9.48 Å². The molecule has 3 heteroatoms. The van der Waals surface area contributed by atoms with Crippen molar-refractivity contribution in [2.24, 2.45) is 5.92 Å². The number of aromatic nitrogens is 2. The van der Waals surface area contributed by atoms with E-state index in [1.165, 1.54) is 6.42 Å². The molecule has 0 aromatic carbocycles. The minimum absolute atomic E-state index is 0.324. The molecule has 1 aliphatic carbocycles. The summed E-state index contributed by atoms with van der Waals surface area (Å²) in [4.78, 5) is 11.5. The summed E-state index contributed by atoms with van der Waals surface area (Å²) >= 11 is 0. The van der Waals surface area contributed by atoms with Crippen LogP contribution in [0.5, 0.6) is 0 Å². The van der Waals surface area contributed by atoms with Crippen molar-refractivity contribution in [2.45, 2.75) is 32.7 Å². The average molecular weight is 178 g/mol. The van der Waals surface area contributed by atoms with Gasteiger partial charge in [-0.05, 0) is 25.3 Å². The van der Waals surface area contributed by atoms with E-state index < -0.39 is 0 Å². The molecule has 1 aromatic heterocycles. The standard InChI is InChI=1S/C10H14N2O/c1-8-5-11-12(6-8)7-10(13)9-3-2-4-9/h5-6,9H,2-4,7H2,1H3. The first-order chi connectivity index (χ1) is 6.25. The molecule has 0 aliphatic heterocycles. The second-order valence-electron chi connectivity index (χ2n) is 3.81. The van der Waals surface area contributed by atoms with E-state index in [-0.39, 0.29) is 0 Å². The Bertz CT molecular complexity index is 312. The van der Waals surface area contributed by atoms with Crippen LogP contribution in [-0.4, -0.2) is 15.6 Å². The fourth-order valence-electron chi connectivity index (χ4n) is 1.57. The molecular weight excluding hydrogens is 164 g/mol. The highest BCUT2D eigenvalue weighted by Crippen LogP contribution is 2.27. The van der Waals surface area contributed by atoms with Gasteiger partial charge in [0.1, 0.15) is 0 Å². The normalized spacial score (nSPS) is 17.0. The number of nitrogens with zero attached hydrogens (tertiary/aromatic N) is 2. The van der Waals surface area contributed by atoms with Crippen molar-refractivity contribution in [3.05, 3.63) is 18.0 Å². The van der Waals surface area contributed by atoms with Crippen LogP contribution in [0.1, 0.15) is 24.8 Å². The molecule has 1 fully saturated rings. The van der Waals surface area contributed by atoms with Crippen molar-refractivity contribution in [3.63, 3.8) is 0 Å². The van der Waals surface area contributed by atoms with Crippen LogP contribution in [0, 0.1) is 12.8 Å². The van der Waals surface area contributed by atoms with Gasteiger partial charge < -0.3 is 0 Å². The van der Waals surface area contributed by atoms with Gasteiger partial charge >= 0.3 is 0 Å². The summed E-state index contributed by atoms with van der Waals surface area (Å²) in [5, 5.41) is 4.09. The molecule has 0 unspecified atom stereocenters. The third kappa shape index (κ3) is 1.79. The zero-order valence-electron chi connectivity index (χ0n) is 7.86. The van der Waals surface area contributed by atoms with Crippen LogP contribution >= 0.6 is 0 Å². The van der Waals surface area contributed by atoms with Crippen molar-refractivity contribution in [1.29, 1.82) is 0 Å². The van der Waals surface area contributed by atoms with Crippen LogP contribution in [0.15, 0.2) is 12.4 Å². The highest BCUT2D eigenvalue weighted by atomic mass is 16.1. The summed E-state index contributed by atoms with van der Waals surface area (Å²) in [7, 11) is 0. The van der Waals surface area contributed by atoms with Crippen LogP contribution in [0.3, 0.4) is 0 Å². The van der Waals surface area contributed by atoms with E-state index in [1.54, 1.807) is 10.9 Å². The number of rotatable bonds is 3. The van der Waals surface area contributed by atoms with E-state index in [9.17, 15) is 4.79 Å². The predicted molar refractivity (Wildman–Crippen MR) is 49.3 cm³/mol. The van der Waals surface area contributed by atoms with Crippen molar-refractivity contribution in [3.8, 4) is 0 Å². The van der Waals surface area contributed by atoms with Gasteiger partial charge in [0.25, 0.3) is 0 Å². The lowest BCUT2D eigenvalue weighted by Gasteiger charge is -2.23. The third-order valence-corrected chi connectivity index (χ3v) is 2.64. The van der Waals surface area contributed by atoms with Crippen LogP contribution in [0.4, 0.5) is 0 Å². The summed E-state index contributed by atoms with van der Waals surface area (Å²) in [6.45, 7) is 2.44. The van der Waals surface area contributed by atoms with Crippen LogP contribution in [0.25, 0.3) is 0 Å². The fraction of sp³-hybridized carbons (Fsp3) is 0.600. The van der Waals surface area contributed by atoms with E-state index in [4.69, 9.17) is 0 Å². The smallest absolute Gasteiger partial charge is 0.157 e. The Morgan fingerprint density at radius 1 is 1.69 bits per heavy atom. The van der Waals surface area contributed by atoms with Gasteiger partial charge in [-0.15, -0.1) is 0 Å². The van der Waals surface area contributed by atoms with Crippen LogP contribution in [0.2, 0.25) is 0 Å². The summed E-state index contributed by atoms with van der Waals surface area (Å²) in [6, 6.07) is 0. The highest BCUT2D eigenvalue weighted by Gasteiger charge is 2.24. The lowest BCUT2D eigenvalue weighted by molar-refractivity contribution is -0.125. The van der Waals surface area contributed by atoms with Crippen LogP contribution < -0.4 is 0 Å². The summed E-state index contributed by atoms with van der Waals surface area (Å²) in [5.41, 5.74) is 1.11. The lowest BCUT2D eigenvalue weighted by Crippen LogP contribution is -2.25. The number of ketones is 1. The van der Waals surface area contributed by atoms with Gasteiger partial charge in [-0.25, -0.2) is 0 Å². The van der Waals surface area contributed by atoms with E-state index in [1.807, 2.05) is 13.1 Å². The first kappa shape index (κ1) is 8.48. The van der Waals surface area contributed by atoms with Crippen molar-refractivity contribution < 1.29 is 4.79 Å². The van der Waals surface area contributed by atoms with Gasteiger partial charge in [0, 0.05) is 12.1 Å². The molecule has 0 amide bonds. The van der Waals surface area contributed by atoms with Crippen LogP contribution in [-0.2, 0) is 11.3 Å². The molecule has 70 valence electrons. The maximum absolute atomic E-state index is 11.5. The molecule has 0 saturated heterocycles. The number of hydrogen-bond donors (Lipinski definition) is 0. The monoisotopic (exact) mass is 178 g/mol. The lowest BCUT2D eigenvalue weighted by atomic mass is 9.82. The molecule has 2 rings (SSSR count). The molecular formula is C10H14N2O. The third-order valence-electron chi connectivity index (χ3n) is 2.64. The second kappa shape index (κ2) is 3.32. The first-order valence-electron chi connectivity index (χ1n) is 4.77. The summed E-state index contributed by atoms with van der Waals surface area (Å²) < 4.78 is 1.73. The number of aryl methyl sites for hydroxylation is 1. The molecule has 0 atom stereocenters. The van der Waals surface area contributed by atoms with Crippen molar-refractivity contribution in [2.75, 3.05) is 0 Å². The molecule has 1 heterocycles. The van der Waals surface area contributed by atoms with Gasteiger partial charge in [-0.1, -0.05) is 6.42 Å². The van der Waals surface area contributed by atoms with Crippen molar-refractivity contribution in [1.82, 2.24) is 9.78 Å². The minimum Gasteiger partial charge on any atom is -0.297 e. The van der Waals surface area contributed by atoms with Gasteiger partial charge in [-0.2, -0.15) is 5.10 Å². The molecule has 0 N–H and O–H groups in total. The number of Topliss-reactive ketones (excluding diaryl/α,β-unsaturated/α-hetero) is 1. The van der Waals surface area contributed by atoms with E-state index in [0.717, 1.165) is 18.4 Å². The Morgan fingerprint density at radius 2 is 2.46 bits per heavy atom. The van der Waals surface area contributed by atoms with Gasteiger partial charge in [0.2, 0.25) is 0 Å². The Hall–Kier alpha value is -1.12. The minimum atomic E-state index is 0.324. The first-order valence-corrected chi connectivity index (χ1v) is 4.77. The summed E-state index contributed by atoms with van der Waals surface area (Å²) in [6.07, 6.45) is 7.08. The second-order valence-corrected chi connectivity index (χ2v) is 3.81. The predicted octanol–water partition coefficient (Wildman–Crippen LogP) is 1.56. The van der Waals surface area contributed by atoms with E-state index in [0.29, 0.717) is 18.2 Å². The Labute approximate surface area is 77.7 Å². The van der Waals surface area contributed by atoms with E-state index >= 15 is 0 Å². The highest BCUT2D eigenvalue weighted by molar-refractivity contribution is 5.81. The fourth-order valence-corrected chi connectivity index (χ4v) is 1.57. The van der Waals surface area contributed by atoms with Crippen molar-refractivity contribution >= 4 is 5.78 Å². The Balaban J connectivity index is 1.93. The average Bonchev–Trinajstić information content (AvgIpc) is 2.31. The molecule has 0 radical (unpaired) electrons. The Morgan fingerprint density at radius 3 is 2.92 bits per heavy atom. The number of carbonyl (C=O) groups excluding carboxylic acids is 1. The molecule has 1 aromatic rings. The SMILES string of the molecule is Cc1cnn(CC(=O)C2CCC2)c1. The number of hydrogen-bond acceptors (Lipinski definition) is 2. The quantitative estimate of drug-likeness (QED) is 0.704. The topological polar surface area (TPSA) is 34.9 Å². The molecule has 3 nitrogen and oxygen atoms in total. The van der Waals surface area contributed by atoms with Gasteiger partial charge in [0.15, 0.2) is 5.78 Å². The molecule has 1 saturated carbocycles. The zero-order chi connectivity index (χ0) is 9.26. The molecule has 1 aliphatic rings. The molecule has 0 spiro atoms. The summed E-state index contributed by atoms with van der Waals surface area (Å²) in [5.74, 6) is 0.666. The largest absolute Gasteiger partial charge is 0.297 e. The maximum atomic E-state index is 11.5. The molecule has 13 heavy (non-hydrogen) atoms. The number of carbonyl (C=O) groups is 1. The van der Waals surface area contributed by atoms with Gasteiger partial charge in [0.05, 0.1) is 12.7 Å². The zero-order valence-corrected chi connectivity index (χ0v) is 7.86. The molecule has 0 bridgehead atoms.